The first-order valence-corrected chi connectivity index (χ1v) is 9.35. The normalized spacial score (nSPS) is 10.6. The van der Waals surface area contributed by atoms with Gasteiger partial charge in [0.2, 0.25) is 17.6 Å². The molecule has 0 aliphatic rings. The summed E-state index contributed by atoms with van der Waals surface area (Å²) in [5.74, 6) is 2.26. The molecule has 0 aliphatic carbocycles. The van der Waals surface area contributed by atoms with Crippen LogP contribution in [0.1, 0.15) is 17.9 Å². The first-order chi connectivity index (χ1) is 13.1. The number of para-hydroxylation sites is 1. The molecule has 142 valence electrons. The van der Waals surface area contributed by atoms with Crippen LogP contribution in [0.25, 0.3) is 11.4 Å². The van der Waals surface area contributed by atoms with E-state index in [-0.39, 0.29) is 12.3 Å². The highest BCUT2D eigenvalue weighted by molar-refractivity contribution is 7.08. The number of benzene rings is 1. The molecule has 2 aromatic heterocycles. The quantitative estimate of drug-likeness (QED) is 0.589. The smallest absolute Gasteiger partial charge is 0.227 e. The van der Waals surface area contributed by atoms with Crippen LogP contribution in [0.4, 0.5) is 0 Å². The Morgan fingerprint density at radius 1 is 1.26 bits per heavy atom. The predicted molar refractivity (Wildman–Crippen MR) is 102 cm³/mol. The van der Waals surface area contributed by atoms with Crippen LogP contribution >= 0.6 is 11.3 Å². The molecule has 8 heteroatoms. The zero-order valence-corrected chi connectivity index (χ0v) is 16.3. The predicted octanol–water partition coefficient (Wildman–Crippen LogP) is 3.41. The molecule has 0 saturated heterocycles. The Morgan fingerprint density at radius 3 is 2.81 bits per heavy atom. The third-order valence-corrected chi connectivity index (χ3v) is 4.80. The molecule has 0 aliphatic heterocycles. The lowest BCUT2D eigenvalue weighted by Gasteiger charge is -2.19. The number of methoxy groups -OCH3 is 2. The Kier molecular flexibility index (Phi) is 6.08. The van der Waals surface area contributed by atoms with Crippen molar-refractivity contribution in [1.29, 1.82) is 0 Å². The number of amides is 1. The second-order valence-electron chi connectivity index (χ2n) is 5.93. The Morgan fingerprint density at radius 2 is 2.11 bits per heavy atom. The molecule has 0 bridgehead atoms. The SMILES string of the molecule is COc1cccc(CN(C)C(=O)CCc2nc(-c3ccsc3)no2)c1OC. The fraction of sp³-hybridized carbons (Fsp3) is 0.316. The van der Waals surface area contributed by atoms with E-state index in [2.05, 4.69) is 10.1 Å². The van der Waals surface area contributed by atoms with Crippen molar-refractivity contribution in [2.45, 2.75) is 19.4 Å². The van der Waals surface area contributed by atoms with Gasteiger partial charge in [-0.05, 0) is 17.5 Å². The number of carbonyl (C=O) groups is 1. The maximum atomic E-state index is 12.5. The number of nitrogens with zero attached hydrogens (tertiary/aromatic N) is 3. The van der Waals surface area contributed by atoms with Crippen LogP contribution in [0.15, 0.2) is 39.5 Å². The van der Waals surface area contributed by atoms with Gasteiger partial charge in [-0.2, -0.15) is 16.3 Å². The molecule has 0 unspecified atom stereocenters. The minimum atomic E-state index is -0.0184. The summed E-state index contributed by atoms with van der Waals surface area (Å²) in [6.07, 6.45) is 0.684. The summed E-state index contributed by atoms with van der Waals surface area (Å²) in [4.78, 5) is 18.5. The fourth-order valence-electron chi connectivity index (χ4n) is 2.69. The number of hydrogen-bond donors (Lipinski definition) is 0. The van der Waals surface area contributed by atoms with E-state index >= 15 is 0 Å². The Balaban J connectivity index is 1.58. The van der Waals surface area contributed by atoms with Crippen molar-refractivity contribution in [1.82, 2.24) is 15.0 Å². The van der Waals surface area contributed by atoms with Crippen molar-refractivity contribution in [2.24, 2.45) is 0 Å². The maximum absolute atomic E-state index is 12.5. The second-order valence-corrected chi connectivity index (χ2v) is 6.71. The van der Waals surface area contributed by atoms with E-state index in [0.717, 1.165) is 11.1 Å². The van der Waals surface area contributed by atoms with E-state index in [1.54, 1.807) is 37.5 Å². The zero-order valence-electron chi connectivity index (χ0n) is 15.5. The minimum absolute atomic E-state index is 0.0184. The zero-order chi connectivity index (χ0) is 19.2. The molecule has 0 fully saturated rings. The lowest BCUT2D eigenvalue weighted by molar-refractivity contribution is -0.130. The van der Waals surface area contributed by atoms with E-state index in [0.29, 0.717) is 36.2 Å². The highest BCUT2D eigenvalue weighted by atomic mass is 32.1. The standard InChI is InChI=1S/C19H21N3O4S/c1-22(11-13-5-4-6-15(24-2)18(13)25-3)17(23)8-7-16-20-19(21-26-16)14-9-10-27-12-14/h4-6,9-10,12H,7-8,11H2,1-3H3. The summed E-state index contributed by atoms with van der Waals surface area (Å²) < 4.78 is 16.0. The lowest BCUT2D eigenvalue weighted by atomic mass is 10.1. The van der Waals surface area contributed by atoms with Gasteiger partial charge < -0.3 is 18.9 Å². The van der Waals surface area contributed by atoms with E-state index < -0.39 is 0 Å². The van der Waals surface area contributed by atoms with Gasteiger partial charge >= 0.3 is 0 Å². The highest BCUT2D eigenvalue weighted by Gasteiger charge is 2.16. The third kappa shape index (κ3) is 4.46. The number of aryl methyl sites for hydroxylation is 1. The summed E-state index contributed by atoms with van der Waals surface area (Å²) >= 11 is 1.57. The van der Waals surface area contributed by atoms with E-state index in [1.165, 1.54) is 0 Å². The lowest BCUT2D eigenvalue weighted by Crippen LogP contribution is -2.26. The summed E-state index contributed by atoms with van der Waals surface area (Å²) in [6, 6.07) is 7.54. The van der Waals surface area contributed by atoms with Gasteiger partial charge in [-0.1, -0.05) is 17.3 Å². The molecule has 27 heavy (non-hydrogen) atoms. The van der Waals surface area contributed by atoms with Gasteiger partial charge in [0.1, 0.15) is 0 Å². The van der Waals surface area contributed by atoms with Gasteiger partial charge in [0.25, 0.3) is 0 Å². The van der Waals surface area contributed by atoms with Crippen LogP contribution in [-0.2, 0) is 17.8 Å². The van der Waals surface area contributed by atoms with Crippen molar-refractivity contribution < 1.29 is 18.8 Å². The fourth-order valence-corrected chi connectivity index (χ4v) is 3.33. The van der Waals surface area contributed by atoms with Crippen LogP contribution < -0.4 is 9.47 Å². The monoisotopic (exact) mass is 387 g/mol. The van der Waals surface area contributed by atoms with Crippen LogP contribution in [0.5, 0.6) is 11.5 Å². The van der Waals surface area contributed by atoms with Crippen molar-refractivity contribution in [3.8, 4) is 22.9 Å². The molecular formula is C19H21N3O4S. The largest absolute Gasteiger partial charge is 0.493 e. The number of rotatable bonds is 8. The number of carbonyl (C=O) groups excluding carboxylic acids is 1. The Hall–Kier alpha value is -2.87. The number of ether oxygens (including phenoxy) is 2. The van der Waals surface area contributed by atoms with Gasteiger partial charge in [0.15, 0.2) is 11.5 Å². The molecular weight excluding hydrogens is 366 g/mol. The molecule has 0 radical (unpaired) electrons. The molecule has 0 spiro atoms. The van der Waals surface area contributed by atoms with E-state index in [4.69, 9.17) is 14.0 Å². The summed E-state index contributed by atoms with van der Waals surface area (Å²) in [5, 5.41) is 7.86. The molecule has 1 amide bonds. The number of aromatic nitrogens is 2. The topological polar surface area (TPSA) is 77.7 Å². The molecule has 7 nitrogen and oxygen atoms in total. The van der Waals surface area contributed by atoms with Gasteiger partial charge in [0, 0.05) is 42.9 Å². The maximum Gasteiger partial charge on any atom is 0.227 e. The second kappa shape index (κ2) is 8.68. The van der Waals surface area contributed by atoms with Gasteiger partial charge in [-0.3, -0.25) is 4.79 Å². The minimum Gasteiger partial charge on any atom is -0.493 e. The molecule has 2 heterocycles. The molecule has 0 atom stereocenters. The Bertz CT molecular complexity index is 892. The van der Waals surface area contributed by atoms with Gasteiger partial charge in [0.05, 0.1) is 14.2 Å². The summed E-state index contributed by atoms with van der Waals surface area (Å²) in [6.45, 7) is 0.420. The molecule has 0 saturated carbocycles. The molecule has 0 N–H and O–H groups in total. The molecule has 3 rings (SSSR count). The van der Waals surface area contributed by atoms with Crippen LogP contribution in [-0.4, -0.2) is 42.2 Å². The Labute approximate surface area is 161 Å². The first kappa shape index (κ1) is 18.9. The average molecular weight is 387 g/mol. The molecule has 1 aromatic carbocycles. The third-order valence-electron chi connectivity index (χ3n) is 4.12. The van der Waals surface area contributed by atoms with Crippen molar-refractivity contribution in [3.63, 3.8) is 0 Å². The van der Waals surface area contributed by atoms with E-state index in [1.807, 2.05) is 35.0 Å². The summed E-state index contributed by atoms with van der Waals surface area (Å²) in [5.41, 5.74) is 1.80. The number of thiophene rings is 1. The molecule has 3 aromatic rings. The van der Waals surface area contributed by atoms with Crippen LogP contribution in [0.3, 0.4) is 0 Å². The van der Waals surface area contributed by atoms with Gasteiger partial charge in [-0.15, -0.1) is 0 Å². The van der Waals surface area contributed by atoms with Crippen LogP contribution in [0, 0.1) is 0 Å². The summed E-state index contributed by atoms with van der Waals surface area (Å²) in [7, 11) is 4.93. The van der Waals surface area contributed by atoms with Gasteiger partial charge in [-0.25, -0.2) is 0 Å². The van der Waals surface area contributed by atoms with E-state index in [9.17, 15) is 4.79 Å². The average Bonchev–Trinajstić information content (AvgIpc) is 3.37. The number of hydrogen-bond acceptors (Lipinski definition) is 7. The van der Waals surface area contributed by atoms with Crippen molar-refractivity contribution in [2.75, 3.05) is 21.3 Å². The van der Waals surface area contributed by atoms with Crippen molar-refractivity contribution in [3.05, 3.63) is 46.5 Å². The first-order valence-electron chi connectivity index (χ1n) is 8.41. The highest BCUT2D eigenvalue weighted by Crippen LogP contribution is 2.31. The van der Waals surface area contributed by atoms with Crippen LogP contribution in [0.2, 0.25) is 0 Å². The van der Waals surface area contributed by atoms with Crippen molar-refractivity contribution >= 4 is 17.2 Å².